The Morgan fingerprint density at radius 1 is 0.667 bits per heavy atom. The summed E-state index contributed by atoms with van der Waals surface area (Å²) in [5.74, 6) is 0. The van der Waals surface area contributed by atoms with Crippen LogP contribution >= 0.6 is 74.5 Å². The summed E-state index contributed by atoms with van der Waals surface area (Å²) in [7, 11) is 9.58. The van der Waals surface area contributed by atoms with Gasteiger partial charge in [0.15, 0.2) is 0 Å². The molecule has 0 rings (SSSR count). The molecule has 6 nitrogen and oxygen atoms in total. The van der Waals surface area contributed by atoms with Crippen molar-refractivity contribution in [3.8, 4) is 0 Å². The van der Waals surface area contributed by atoms with Crippen LogP contribution in [0.2, 0.25) is 0 Å². The fourth-order valence-electron chi connectivity index (χ4n) is 0.500. The minimum absolute atomic E-state index is 1.52. The molecule has 0 unspecified atom stereocenters. The first-order valence-corrected chi connectivity index (χ1v) is 22.5. The standard InChI is InChI=1S/2C3H7N.4CH3O.2I2.Sn/c2*1-3-4-2;6*1-2;/h2*3H,1-2H3;4*1H3;;;/q;;4*-1;;;+4. The first-order valence-electron chi connectivity index (χ1n) is 5.30. The van der Waals surface area contributed by atoms with Crippen molar-refractivity contribution in [2.24, 2.45) is 9.98 Å². The van der Waals surface area contributed by atoms with Crippen LogP contribution < -0.4 is 0 Å². The average Bonchev–Trinajstić information content (AvgIpc) is 2.61. The molecule has 0 heterocycles. The van der Waals surface area contributed by atoms with Gasteiger partial charge in [-0.1, -0.05) is 0 Å². The first-order chi connectivity index (χ1) is 10.1. The van der Waals surface area contributed by atoms with Gasteiger partial charge >= 0.3 is 60.8 Å². The Kier molecular flexibility index (Phi) is 64.2. The molecule has 0 spiro atoms. The Bertz CT molecular complexity index is 164. The normalized spacial score (nSPS) is 9.33. The zero-order valence-electron chi connectivity index (χ0n) is 13.7. The van der Waals surface area contributed by atoms with E-state index in [1.807, 2.05) is 13.8 Å². The molecular formula is C10H26I4N2O4Sn. The van der Waals surface area contributed by atoms with Crippen molar-refractivity contribution in [1.82, 2.24) is 0 Å². The first kappa shape index (κ1) is 35.1. The molecule has 0 saturated carbocycles. The summed E-state index contributed by atoms with van der Waals surface area (Å²) in [5, 5.41) is 0. The van der Waals surface area contributed by atoms with Gasteiger partial charge in [-0.05, 0) is 26.3 Å². The molecule has 0 aliphatic rings. The monoisotopic (exact) mass is 866 g/mol. The molecule has 0 atom stereocenters. The zero-order chi connectivity index (χ0) is 18.2. The van der Waals surface area contributed by atoms with E-state index in [1.165, 1.54) is 28.4 Å². The summed E-state index contributed by atoms with van der Waals surface area (Å²) in [6, 6.07) is 0. The van der Waals surface area contributed by atoms with Crippen LogP contribution in [0.4, 0.5) is 0 Å². The smallest absolute Gasteiger partial charge is 0 e. The third-order valence-corrected chi connectivity index (χ3v) is 7.22. The number of nitrogens with zero attached hydrogens (tertiary/aromatic N) is 2. The van der Waals surface area contributed by atoms with Gasteiger partial charge in [0.05, 0.1) is 0 Å². The third-order valence-electron chi connectivity index (χ3n) is 1.52. The Morgan fingerprint density at radius 2 is 0.810 bits per heavy atom. The second-order valence-corrected chi connectivity index (χ2v) is 9.86. The zero-order valence-corrected chi connectivity index (χ0v) is 25.2. The number of rotatable bonds is 4. The summed E-state index contributed by atoms with van der Waals surface area (Å²) in [6.45, 7) is 3.78. The van der Waals surface area contributed by atoms with Gasteiger partial charge in [0.2, 0.25) is 0 Å². The largest absolute Gasteiger partial charge is 0 e. The maximum Gasteiger partial charge on any atom is 0 e. The van der Waals surface area contributed by atoms with Gasteiger partial charge in [-0.15, -0.1) is 0 Å². The fraction of sp³-hybridized carbons (Fsp3) is 0.800. The van der Waals surface area contributed by atoms with E-state index in [9.17, 15) is 0 Å². The van der Waals surface area contributed by atoms with E-state index in [-0.39, 0.29) is 0 Å². The second-order valence-electron chi connectivity index (χ2n) is 2.35. The molecule has 11 heteroatoms. The van der Waals surface area contributed by atoms with Crippen molar-refractivity contribution in [2.45, 2.75) is 13.8 Å². The molecule has 0 aromatic rings. The minimum atomic E-state index is -3.39. The third kappa shape index (κ3) is 35.0. The molecule has 0 saturated heterocycles. The summed E-state index contributed by atoms with van der Waals surface area (Å²) in [5.41, 5.74) is 0. The van der Waals surface area contributed by atoms with Crippen molar-refractivity contribution in [1.29, 1.82) is 0 Å². The molecule has 0 aliphatic heterocycles. The molecule has 0 radical (unpaired) electrons. The van der Waals surface area contributed by atoms with E-state index >= 15 is 0 Å². The number of aliphatic imine (C=N–C) groups is 2. The van der Waals surface area contributed by atoms with Crippen molar-refractivity contribution >= 4 is 107 Å². The maximum absolute atomic E-state index is 4.93. The molecule has 0 amide bonds. The van der Waals surface area contributed by atoms with Gasteiger partial charge in [-0.25, -0.2) is 0 Å². The summed E-state index contributed by atoms with van der Waals surface area (Å²) in [6.07, 6.45) is 3.50. The molecule has 0 bridgehead atoms. The summed E-state index contributed by atoms with van der Waals surface area (Å²) in [4.78, 5) is 7.22. The van der Waals surface area contributed by atoms with Crippen molar-refractivity contribution < 1.29 is 12.3 Å². The van der Waals surface area contributed by atoms with Crippen LogP contribution in [-0.2, 0) is 12.3 Å². The SMILES string of the molecule is CC=NC.CC=NC.C[O][Sn]([O]C)([O]C)[O]C.II.II. The Hall–Kier alpha value is 2.90. The van der Waals surface area contributed by atoms with Crippen LogP contribution in [0.15, 0.2) is 9.98 Å². The van der Waals surface area contributed by atoms with E-state index in [0.717, 1.165) is 0 Å². The Labute approximate surface area is 182 Å². The van der Waals surface area contributed by atoms with Gasteiger partial charge in [0.1, 0.15) is 0 Å². The van der Waals surface area contributed by atoms with Crippen LogP contribution in [0.1, 0.15) is 13.8 Å². The topological polar surface area (TPSA) is 61.6 Å². The van der Waals surface area contributed by atoms with Crippen LogP contribution in [-0.4, -0.2) is 75.0 Å². The molecule has 0 aromatic carbocycles. The number of hydrogen-bond acceptors (Lipinski definition) is 6. The molecule has 0 N–H and O–H groups in total. The fourth-order valence-corrected chi connectivity index (χ4v) is 3.35. The number of hydrogen-bond donors (Lipinski definition) is 0. The predicted octanol–water partition coefficient (Wildman–Crippen LogP) is 4.96. The Morgan fingerprint density at radius 3 is 0.810 bits per heavy atom. The minimum Gasteiger partial charge on any atom is 0 e. The van der Waals surface area contributed by atoms with Gasteiger partial charge < -0.3 is 9.98 Å². The van der Waals surface area contributed by atoms with E-state index in [1.54, 1.807) is 26.5 Å². The van der Waals surface area contributed by atoms with Crippen LogP contribution in [0, 0.1) is 0 Å². The molecule has 132 valence electrons. The molecule has 0 aliphatic carbocycles. The van der Waals surface area contributed by atoms with Gasteiger partial charge in [-0.2, -0.15) is 0 Å². The van der Waals surface area contributed by atoms with Gasteiger partial charge in [0.25, 0.3) is 0 Å². The van der Waals surface area contributed by atoms with E-state index in [4.69, 9.17) is 12.3 Å². The van der Waals surface area contributed by atoms with E-state index < -0.39 is 20.0 Å². The molecular weight excluding hydrogens is 838 g/mol. The van der Waals surface area contributed by atoms with Crippen molar-refractivity contribution in [3.05, 3.63) is 0 Å². The second kappa shape index (κ2) is 38.5. The van der Waals surface area contributed by atoms with E-state index in [2.05, 4.69) is 84.4 Å². The van der Waals surface area contributed by atoms with Crippen LogP contribution in [0.5, 0.6) is 0 Å². The van der Waals surface area contributed by atoms with Gasteiger partial charge in [-0.3, -0.25) is 0 Å². The molecule has 21 heavy (non-hydrogen) atoms. The molecule has 0 fully saturated rings. The van der Waals surface area contributed by atoms with E-state index in [0.29, 0.717) is 0 Å². The van der Waals surface area contributed by atoms with Crippen LogP contribution in [0.3, 0.4) is 0 Å². The summed E-state index contributed by atoms with van der Waals surface area (Å²) >= 11 is 5.09. The number of halogens is 4. The summed E-state index contributed by atoms with van der Waals surface area (Å²) < 4.78 is 19.7. The predicted molar refractivity (Wildman–Crippen MR) is 130 cm³/mol. The van der Waals surface area contributed by atoms with Crippen molar-refractivity contribution in [2.75, 3.05) is 42.5 Å². The molecule has 0 aromatic heterocycles. The average molecular weight is 865 g/mol. The van der Waals surface area contributed by atoms with Gasteiger partial charge in [0, 0.05) is 88.6 Å². The maximum atomic E-state index is 4.93. The van der Waals surface area contributed by atoms with Crippen LogP contribution in [0.25, 0.3) is 0 Å². The van der Waals surface area contributed by atoms with Crippen molar-refractivity contribution in [3.63, 3.8) is 0 Å². The Balaban J connectivity index is -0.0000000600. The quantitative estimate of drug-likeness (QED) is 0.228.